The van der Waals surface area contributed by atoms with Gasteiger partial charge >= 0.3 is 0 Å². The van der Waals surface area contributed by atoms with Crippen LogP contribution in [0.3, 0.4) is 0 Å². The smallest absolute Gasteiger partial charge is 0.121 e. The highest BCUT2D eigenvalue weighted by atomic mass is 16.5. The van der Waals surface area contributed by atoms with Crippen molar-refractivity contribution in [2.24, 2.45) is 5.92 Å². The molecule has 0 atom stereocenters. The number of nitrogens with two attached hydrogens (primary N) is 2. The van der Waals surface area contributed by atoms with Crippen LogP contribution in [0, 0.1) is 5.92 Å². The Bertz CT molecular complexity index is 332. The molecule has 1 aromatic rings. The summed E-state index contributed by atoms with van der Waals surface area (Å²) in [4.78, 5) is 0. The van der Waals surface area contributed by atoms with Gasteiger partial charge < -0.3 is 16.2 Å². The molecular formula is C12H18N2O. The van der Waals surface area contributed by atoms with Crippen LogP contribution in [0.5, 0.6) is 5.75 Å². The Morgan fingerprint density at radius 2 is 1.87 bits per heavy atom. The minimum Gasteiger partial charge on any atom is -0.493 e. The standard InChI is InChI=1S/C12H18N2O/c13-11-6-5-10(7-12(11)14)15-8-9-3-1-2-4-9/h5-7,9H,1-4,8,13-14H2. The van der Waals surface area contributed by atoms with Crippen LogP contribution in [-0.2, 0) is 0 Å². The van der Waals surface area contributed by atoms with E-state index < -0.39 is 0 Å². The number of nitrogen functional groups attached to an aromatic ring is 2. The van der Waals surface area contributed by atoms with Crippen LogP contribution in [0.2, 0.25) is 0 Å². The Labute approximate surface area is 90.4 Å². The Balaban J connectivity index is 1.90. The first-order chi connectivity index (χ1) is 7.25. The van der Waals surface area contributed by atoms with Crippen LogP contribution >= 0.6 is 0 Å². The summed E-state index contributed by atoms with van der Waals surface area (Å²) in [5, 5.41) is 0. The summed E-state index contributed by atoms with van der Waals surface area (Å²) in [7, 11) is 0. The number of hydrogen-bond acceptors (Lipinski definition) is 3. The number of rotatable bonds is 3. The lowest BCUT2D eigenvalue weighted by Gasteiger charge is -2.12. The largest absolute Gasteiger partial charge is 0.493 e. The predicted octanol–water partition coefficient (Wildman–Crippen LogP) is 2.42. The summed E-state index contributed by atoms with van der Waals surface area (Å²) < 4.78 is 5.69. The molecule has 0 saturated heterocycles. The zero-order chi connectivity index (χ0) is 10.7. The number of hydrogen-bond donors (Lipinski definition) is 2. The third kappa shape index (κ3) is 2.55. The zero-order valence-corrected chi connectivity index (χ0v) is 8.91. The first-order valence-electron chi connectivity index (χ1n) is 5.53. The van der Waals surface area contributed by atoms with Crippen LogP contribution in [-0.4, -0.2) is 6.61 Å². The van der Waals surface area contributed by atoms with Crippen molar-refractivity contribution in [1.29, 1.82) is 0 Å². The molecule has 0 aromatic heterocycles. The van der Waals surface area contributed by atoms with E-state index in [-0.39, 0.29) is 0 Å². The van der Waals surface area contributed by atoms with Gasteiger partial charge in [-0.1, -0.05) is 12.8 Å². The molecule has 0 unspecified atom stereocenters. The zero-order valence-electron chi connectivity index (χ0n) is 8.91. The fourth-order valence-corrected chi connectivity index (χ4v) is 2.03. The normalized spacial score (nSPS) is 16.8. The predicted molar refractivity (Wildman–Crippen MR) is 62.7 cm³/mol. The first-order valence-corrected chi connectivity index (χ1v) is 5.53. The van der Waals surface area contributed by atoms with Crippen LogP contribution in [0.15, 0.2) is 18.2 Å². The molecule has 2 rings (SSSR count). The van der Waals surface area contributed by atoms with Crippen molar-refractivity contribution in [3.63, 3.8) is 0 Å². The summed E-state index contributed by atoms with van der Waals surface area (Å²) in [6.07, 6.45) is 5.28. The average Bonchev–Trinajstić information content (AvgIpc) is 2.73. The van der Waals surface area contributed by atoms with E-state index >= 15 is 0 Å². The van der Waals surface area contributed by atoms with Gasteiger partial charge in [0.25, 0.3) is 0 Å². The van der Waals surface area contributed by atoms with E-state index in [2.05, 4.69) is 0 Å². The molecule has 0 aliphatic heterocycles. The highest BCUT2D eigenvalue weighted by molar-refractivity contribution is 5.65. The number of ether oxygens (including phenoxy) is 1. The van der Waals surface area contributed by atoms with Crippen molar-refractivity contribution in [1.82, 2.24) is 0 Å². The molecule has 82 valence electrons. The molecule has 1 saturated carbocycles. The molecule has 0 amide bonds. The van der Waals surface area contributed by atoms with Gasteiger partial charge in [-0.2, -0.15) is 0 Å². The van der Waals surface area contributed by atoms with Gasteiger partial charge in [-0.05, 0) is 30.9 Å². The highest BCUT2D eigenvalue weighted by Gasteiger charge is 2.15. The van der Waals surface area contributed by atoms with Crippen molar-refractivity contribution in [3.8, 4) is 5.75 Å². The van der Waals surface area contributed by atoms with Gasteiger partial charge in [0, 0.05) is 6.07 Å². The molecular weight excluding hydrogens is 188 g/mol. The molecule has 3 nitrogen and oxygen atoms in total. The average molecular weight is 206 g/mol. The van der Waals surface area contributed by atoms with Crippen LogP contribution in [0.1, 0.15) is 25.7 Å². The minimum absolute atomic E-state index is 0.596. The summed E-state index contributed by atoms with van der Waals surface area (Å²) in [6.45, 7) is 0.809. The maximum atomic E-state index is 5.70. The second-order valence-corrected chi connectivity index (χ2v) is 4.25. The fourth-order valence-electron chi connectivity index (χ4n) is 2.03. The highest BCUT2D eigenvalue weighted by Crippen LogP contribution is 2.27. The quantitative estimate of drug-likeness (QED) is 0.746. The fraction of sp³-hybridized carbons (Fsp3) is 0.500. The summed E-state index contributed by atoms with van der Waals surface area (Å²) in [5.41, 5.74) is 12.5. The maximum Gasteiger partial charge on any atom is 0.121 e. The van der Waals surface area contributed by atoms with Gasteiger partial charge in [0.05, 0.1) is 18.0 Å². The van der Waals surface area contributed by atoms with Crippen LogP contribution in [0.25, 0.3) is 0 Å². The van der Waals surface area contributed by atoms with E-state index in [1.807, 2.05) is 6.07 Å². The molecule has 1 aliphatic rings. The van der Waals surface area contributed by atoms with Gasteiger partial charge in [0.2, 0.25) is 0 Å². The lowest BCUT2D eigenvalue weighted by molar-refractivity contribution is 0.252. The van der Waals surface area contributed by atoms with Gasteiger partial charge in [-0.3, -0.25) is 0 Å². The first kappa shape index (κ1) is 10.1. The third-order valence-electron chi connectivity index (χ3n) is 3.02. The summed E-state index contributed by atoms with van der Waals surface area (Å²) in [6, 6.07) is 5.46. The number of anilines is 2. The Morgan fingerprint density at radius 3 is 2.53 bits per heavy atom. The number of benzene rings is 1. The molecule has 1 aliphatic carbocycles. The Morgan fingerprint density at radius 1 is 1.13 bits per heavy atom. The van der Waals surface area contributed by atoms with E-state index in [4.69, 9.17) is 16.2 Å². The lowest BCUT2D eigenvalue weighted by Crippen LogP contribution is -2.08. The van der Waals surface area contributed by atoms with Gasteiger partial charge in [0.1, 0.15) is 5.75 Å². The molecule has 4 N–H and O–H groups in total. The van der Waals surface area contributed by atoms with Gasteiger partial charge in [-0.15, -0.1) is 0 Å². The molecule has 0 heterocycles. The summed E-state index contributed by atoms with van der Waals surface area (Å²) >= 11 is 0. The van der Waals surface area contributed by atoms with Crippen molar-refractivity contribution in [2.45, 2.75) is 25.7 Å². The molecule has 1 aromatic carbocycles. The van der Waals surface area contributed by atoms with Crippen LogP contribution < -0.4 is 16.2 Å². The van der Waals surface area contributed by atoms with E-state index in [1.54, 1.807) is 12.1 Å². The van der Waals surface area contributed by atoms with E-state index in [1.165, 1.54) is 25.7 Å². The lowest BCUT2D eigenvalue weighted by atomic mass is 10.1. The molecule has 1 fully saturated rings. The molecule has 0 radical (unpaired) electrons. The monoisotopic (exact) mass is 206 g/mol. The summed E-state index contributed by atoms with van der Waals surface area (Å²) in [5.74, 6) is 1.55. The topological polar surface area (TPSA) is 61.3 Å². The van der Waals surface area contributed by atoms with Crippen molar-refractivity contribution < 1.29 is 4.74 Å². The second kappa shape index (κ2) is 4.43. The molecule has 0 spiro atoms. The Kier molecular flexibility index (Phi) is 2.99. The van der Waals surface area contributed by atoms with Crippen molar-refractivity contribution >= 4 is 11.4 Å². The second-order valence-electron chi connectivity index (χ2n) is 4.25. The van der Waals surface area contributed by atoms with Crippen molar-refractivity contribution in [3.05, 3.63) is 18.2 Å². The minimum atomic E-state index is 0.596. The SMILES string of the molecule is Nc1ccc(OCC2CCCC2)cc1N. The van der Waals surface area contributed by atoms with E-state index in [0.717, 1.165) is 18.3 Å². The van der Waals surface area contributed by atoms with E-state index in [9.17, 15) is 0 Å². The van der Waals surface area contributed by atoms with Gasteiger partial charge in [0.15, 0.2) is 0 Å². The third-order valence-corrected chi connectivity index (χ3v) is 3.02. The Hall–Kier alpha value is -1.38. The van der Waals surface area contributed by atoms with Crippen LogP contribution in [0.4, 0.5) is 11.4 Å². The van der Waals surface area contributed by atoms with Gasteiger partial charge in [-0.25, -0.2) is 0 Å². The molecule has 15 heavy (non-hydrogen) atoms. The maximum absolute atomic E-state index is 5.70. The van der Waals surface area contributed by atoms with Crippen molar-refractivity contribution in [2.75, 3.05) is 18.1 Å². The molecule has 3 heteroatoms. The van der Waals surface area contributed by atoms with E-state index in [0.29, 0.717) is 11.4 Å². The molecule has 0 bridgehead atoms.